The molecule has 0 bridgehead atoms. The number of aryl methyl sites for hydroxylation is 1. The lowest BCUT2D eigenvalue weighted by Crippen LogP contribution is -2.33. The molecule has 0 spiro atoms. The van der Waals surface area contributed by atoms with Gasteiger partial charge in [-0.25, -0.2) is 4.98 Å². The van der Waals surface area contributed by atoms with Crippen LogP contribution >= 0.6 is 0 Å². The molecule has 1 amide bonds. The molecule has 0 radical (unpaired) electrons. The van der Waals surface area contributed by atoms with Gasteiger partial charge >= 0.3 is 0 Å². The normalized spacial score (nSPS) is 11.9. The number of benzene rings is 3. The number of aromatic nitrogens is 3. The number of hydrogen-bond acceptors (Lipinski definition) is 3. The van der Waals surface area contributed by atoms with Gasteiger partial charge < -0.3 is 19.2 Å². The van der Waals surface area contributed by atoms with Crippen molar-refractivity contribution in [3.05, 3.63) is 109 Å². The highest BCUT2D eigenvalue weighted by atomic mass is 16.5. The van der Waals surface area contributed by atoms with Gasteiger partial charge in [0.05, 0.1) is 7.11 Å². The molecule has 1 N–H and O–H groups in total. The van der Waals surface area contributed by atoms with Crippen molar-refractivity contribution in [2.24, 2.45) is 7.05 Å². The molecule has 170 valence electrons. The smallest absolute Gasteiger partial charge is 0.240 e. The van der Waals surface area contributed by atoms with Gasteiger partial charge in [0.15, 0.2) is 0 Å². The van der Waals surface area contributed by atoms with Gasteiger partial charge in [0.1, 0.15) is 24.2 Å². The summed E-state index contributed by atoms with van der Waals surface area (Å²) in [5.74, 6) is 1.38. The third-order valence-electron chi connectivity index (χ3n) is 6.03. The number of carbonyl (C=O) groups excluding carboxylic acids is 1. The fourth-order valence-electron chi connectivity index (χ4n) is 4.35. The molecule has 6 nitrogen and oxygen atoms in total. The lowest BCUT2D eigenvalue weighted by Gasteiger charge is -2.20. The summed E-state index contributed by atoms with van der Waals surface area (Å²) in [4.78, 5) is 18.0. The Morgan fingerprint density at radius 3 is 2.56 bits per heavy atom. The quantitative estimate of drug-likeness (QED) is 0.381. The van der Waals surface area contributed by atoms with E-state index < -0.39 is 6.04 Å². The third-order valence-corrected chi connectivity index (χ3v) is 6.03. The second-order valence-corrected chi connectivity index (χ2v) is 8.21. The first-order valence-electron chi connectivity index (χ1n) is 11.2. The van der Waals surface area contributed by atoms with Crippen molar-refractivity contribution in [3.8, 4) is 17.0 Å². The molecule has 6 heteroatoms. The summed E-state index contributed by atoms with van der Waals surface area (Å²) in [7, 11) is 3.56. The van der Waals surface area contributed by atoms with Crippen LogP contribution in [0.3, 0.4) is 0 Å². The van der Waals surface area contributed by atoms with Crippen LogP contribution in [0.4, 0.5) is 0 Å². The number of nitrogens with zero attached hydrogens (tertiary/aromatic N) is 3. The van der Waals surface area contributed by atoms with Crippen LogP contribution in [0.15, 0.2) is 97.3 Å². The molecule has 5 rings (SSSR count). The van der Waals surface area contributed by atoms with Crippen molar-refractivity contribution in [3.63, 3.8) is 0 Å². The highest BCUT2D eigenvalue weighted by molar-refractivity contribution is 5.89. The van der Waals surface area contributed by atoms with Crippen LogP contribution in [0, 0.1) is 0 Å². The van der Waals surface area contributed by atoms with Crippen LogP contribution in [0.1, 0.15) is 17.4 Å². The Kier molecular flexibility index (Phi) is 5.87. The molecule has 2 heterocycles. The van der Waals surface area contributed by atoms with Gasteiger partial charge in [0, 0.05) is 36.0 Å². The fraction of sp³-hybridized carbons (Fsp3) is 0.143. The molecule has 2 aromatic heterocycles. The summed E-state index contributed by atoms with van der Waals surface area (Å²) < 4.78 is 9.40. The average Bonchev–Trinajstić information content (AvgIpc) is 3.46. The number of methoxy groups -OCH3 is 1. The zero-order valence-electron chi connectivity index (χ0n) is 19.2. The Balaban J connectivity index is 1.51. The van der Waals surface area contributed by atoms with Crippen molar-refractivity contribution >= 4 is 16.8 Å². The Hall–Kier alpha value is -4.32. The molecule has 0 aliphatic rings. The largest absolute Gasteiger partial charge is 0.497 e. The second kappa shape index (κ2) is 9.27. The van der Waals surface area contributed by atoms with Crippen LogP contribution in [0.2, 0.25) is 0 Å². The van der Waals surface area contributed by atoms with E-state index in [9.17, 15) is 4.79 Å². The minimum absolute atomic E-state index is 0.102. The molecule has 1 atom stereocenters. The summed E-state index contributed by atoms with van der Waals surface area (Å²) in [6.07, 6.45) is 3.61. The van der Waals surface area contributed by atoms with E-state index in [2.05, 4.69) is 39.1 Å². The van der Waals surface area contributed by atoms with Gasteiger partial charge in [-0.2, -0.15) is 0 Å². The minimum Gasteiger partial charge on any atom is -0.497 e. The van der Waals surface area contributed by atoms with E-state index in [4.69, 9.17) is 4.74 Å². The molecular formula is C28H26N4O2. The van der Waals surface area contributed by atoms with Gasteiger partial charge in [-0.3, -0.25) is 4.79 Å². The number of amides is 1. The first-order valence-corrected chi connectivity index (χ1v) is 11.2. The third kappa shape index (κ3) is 4.18. The van der Waals surface area contributed by atoms with Crippen LogP contribution < -0.4 is 10.1 Å². The molecule has 0 saturated heterocycles. The lowest BCUT2D eigenvalue weighted by atomic mass is 10.1. The molecule has 5 aromatic rings. The Morgan fingerprint density at radius 1 is 1.00 bits per heavy atom. The second-order valence-electron chi connectivity index (χ2n) is 8.21. The maximum Gasteiger partial charge on any atom is 0.240 e. The van der Waals surface area contributed by atoms with Crippen molar-refractivity contribution in [2.45, 2.75) is 12.6 Å². The van der Waals surface area contributed by atoms with Crippen molar-refractivity contribution < 1.29 is 9.53 Å². The maximum absolute atomic E-state index is 13.5. The van der Waals surface area contributed by atoms with E-state index in [1.165, 1.54) is 0 Å². The highest BCUT2D eigenvalue weighted by Crippen LogP contribution is 2.29. The number of imidazole rings is 1. The van der Waals surface area contributed by atoms with E-state index >= 15 is 0 Å². The monoisotopic (exact) mass is 450 g/mol. The number of ether oxygens (including phenoxy) is 1. The van der Waals surface area contributed by atoms with Gasteiger partial charge in [-0.05, 0) is 35.4 Å². The lowest BCUT2D eigenvalue weighted by molar-refractivity contribution is -0.122. The summed E-state index contributed by atoms with van der Waals surface area (Å²) >= 11 is 0. The zero-order valence-corrected chi connectivity index (χ0v) is 19.2. The van der Waals surface area contributed by atoms with Crippen LogP contribution in [0.25, 0.3) is 22.2 Å². The number of carbonyl (C=O) groups is 1. The van der Waals surface area contributed by atoms with Gasteiger partial charge in [-0.1, -0.05) is 60.7 Å². The first-order chi connectivity index (χ1) is 16.6. The van der Waals surface area contributed by atoms with E-state index in [0.29, 0.717) is 0 Å². The summed E-state index contributed by atoms with van der Waals surface area (Å²) in [6.45, 7) is 0.183. The summed E-state index contributed by atoms with van der Waals surface area (Å²) in [5.41, 5.74) is 4.00. The van der Waals surface area contributed by atoms with Gasteiger partial charge in [-0.15, -0.1) is 0 Å². The Bertz CT molecular complexity index is 1440. The average molecular weight is 451 g/mol. The Morgan fingerprint density at radius 2 is 1.79 bits per heavy atom. The highest BCUT2D eigenvalue weighted by Gasteiger charge is 2.22. The Labute approximate surface area is 198 Å². The van der Waals surface area contributed by atoms with E-state index in [1.807, 2.05) is 78.5 Å². The van der Waals surface area contributed by atoms with Crippen LogP contribution in [0.5, 0.6) is 5.75 Å². The number of nitrogens with one attached hydrogen (secondary N) is 1. The number of fused-ring (bicyclic) bond motifs is 1. The fourth-order valence-corrected chi connectivity index (χ4v) is 4.35. The molecule has 1 unspecified atom stereocenters. The molecule has 0 fully saturated rings. The SMILES string of the molecule is COc1cccc(C(NC(=O)Cn2c(-c3ccccc3)cc3ccccc32)c2nccn2C)c1. The van der Waals surface area contributed by atoms with Gasteiger partial charge in [0.2, 0.25) is 5.91 Å². The van der Waals surface area contributed by atoms with E-state index in [-0.39, 0.29) is 12.5 Å². The summed E-state index contributed by atoms with van der Waals surface area (Å²) in [6, 6.07) is 27.7. The molecule has 0 saturated carbocycles. The minimum atomic E-state index is -0.412. The molecule has 34 heavy (non-hydrogen) atoms. The van der Waals surface area contributed by atoms with E-state index in [1.54, 1.807) is 13.3 Å². The standard InChI is InChI=1S/C28H26N4O2/c1-31-16-15-29-28(31)27(22-12-8-13-23(17-22)34-2)30-26(33)19-32-24-14-7-6-11-21(24)18-25(32)20-9-4-3-5-10-20/h3-18,27H,19H2,1-2H3,(H,30,33). The molecule has 0 aliphatic carbocycles. The number of para-hydroxylation sites is 1. The molecule has 3 aromatic carbocycles. The van der Waals surface area contributed by atoms with Crippen LogP contribution in [-0.2, 0) is 18.4 Å². The molecular weight excluding hydrogens is 424 g/mol. The predicted octanol–water partition coefficient (Wildman–Crippen LogP) is 4.96. The number of hydrogen-bond donors (Lipinski definition) is 1. The first kappa shape index (κ1) is 21.5. The predicted molar refractivity (Wildman–Crippen MR) is 134 cm³/mol. The number of rotatable bonds is 7. The van der Waals surface area contributed by atoms with Crippen molar-refractivity contribution in [1.82, 2.24) is 19.4 Å². The zero-order chi connectivity index (χ0) is 23.5. The van der Waals surface area contributed by atoms with Crippen molar-refractivity contribution in [2.75, 3.05) is 7.11 Å². The topological polar surface area (TPSA) is 61.1 Å². The molecule has 0 aliphatic heterocycles. The maximum atomic E-state index is 13.5. The summed E-state index contributed by atoms with van der Waals surface area (Å²) in [5, 5.41) is 4.31. The van der Waals surface area contributed by atoms with Crippen molar-refractivity contribution in [1.29, 1.82) is 0 Å². The van der Waals surface area contributed by atoms with E-state index in [0.717, 1.165) is 39.3 Å². The van der Waals surface area contributed by atoms with Crippen LogP contribution in [-0.4, -0.2) is 27.1 Å². The van der Waals surface area contributed by atoms with Gasteiger partial charge in [0.25, 0.3) is 0 Å².